The Morgan fingerprint density at radius 1 is 1.24 bits per heavy atom. The second-order valence-electron chi connectivity index (χ2n) is 6.92. The first kappa shape index (κ1) is 14.6. The second kappa shape index (κ2) is 4.31. The van der Waals surface area contributed by atoms with Crippen LogP contribution >= 0.6 is 0 Å². The lowest BCUT2D eigenvalue weighted by molar-refractivity contribution is 0.0852. The molecule has 0 spiro atoms. The van der Waals surface area contributed by atoms with E-state index in [-0.39, 0.29) is 5.54 Å². The van der Waals surface area contributed by atoms with Gasteiger partial charge in [0.15, 0.2) is 0 Å². The van der Waals surface area contributed by atoms with E-state index in [2.05, 4.69) is 77.6 Å². The van der Waals surface area contributed by atoms with Gasteiger partial charge in [0.2, 0.25) is 0 Å². The van der Waals surface area contributed by atoms with Gasteiger partial charge in [-0.1, -0.05) is 50.8 Å². The predicted molar refractivity (Wildman–Crippen MR) is 80.8 cm³/mol. The third-order valence-electron chi connectivity index (χ3n) is 4.97. The number of hydrogen-bond acceptors (Lipinski definition) is 1. The molecule has 2 atom stereocenters. The largest absolute Gasteiger partial charge is 0.371 e. The minimum Gasteiger partial charge on any atom is -0.371 e. The van der Waals surface area contributed by atoms with Crippen molar-refractivity contribution in [1.29, 1.82) is 0 Å². The molecule has 0 saturated heterocycles. The van der Waals surface area contributed by atoms with Crippen LogP contribution in [0.5, 0.6) is 0 Å². The molecule has 0 aromatic carbocycles. The summed E-state index contributed by atoms with van der Waals surface area (Å²) in [6.07, 6.45) is 8.29. The summed E-state index contributed by atoms with van der Waals surface area (Å²) in [4.78, 5) is 2.42. The summed E-state index contributed by atoms with van der Waals surface area (Å²) >= 11 is 0. The van der Waals surface area contributed by atoms with E-state index in [1.165, 1.54) is 6.42 Å². The monoisotopic (exact) mass is 251 g/mol. The zero-order valence-corrected chi connectivity index (χ0v) is 13.9. The van der Waals surface area contributed by atoms with Crippen molar-refractivity contribution in [2.45, 2.75) is 59.3 Å². The zero-order chi connectivity index (χ0) is 13.5. The Hall–Kier alpha value is -0.503. The van der Waals surface area contributed by atoms with Crippen LogP contribution < -0.4 is 0 Å². The molecule has 2 heteroatoms. The van der Waals surface area contributed by atoms with Crippen molar-refractivity contribution in [2.75, 3.05) is 7.05 Å². The summed E-state index contributed by atoms with van der Waals surface area (Å²) in [5.41, 5.74) is 0.501. The Bertz CT molecular complexity index is 350. The van der Waals surface area contributed by atoms with Crippen molar-refractivity contribution in [3.8, 4) is 0 Å². The van der Waals surface area contributed by atoms with Gasteiger partial charge in [0.25, 0.3) is 0 Å². The quantitative estimate of drug-likeness (QED) is 0.527. The molecular weight excluding hydrogens is 222 g/mol. The molecule has 0 radical (unpaired) electrons. The van der Waals surface area contributed by atoms with Gasteiger partial charge in [-0.3, -0.25) is 0 Å². The molecule has 1 nitrogen and oxygen atoms in total. The Morgan fingerprint density at radius 2 is 1.76 bits per heavy atom. The van der Waals surface area contributed by atoms with Gasteiger partial charge in [0.1, 0.15) is 0 Å². The smallest absolute Gasteiger partial charge is 0.0739 e. The highest BCUT2D eigenvalue weighted by Crippen LogP contribution is 2.48. The molecule has 17 heavy (non-hydrogen) atoms. The number of hydrogen-bond donors (Lipinski definition) is 0. The Balaban J connectivity index is 2.94. The van der Waals surface area contributed by atoms with Gasteiger partial charge in [-0.25, -0.2) is 0 Å². The van der Waals surface area contributed by atoms with Gasteiger partial charge >= 0.3 is 0 Å². The fourth-order valence-corrected chi connectivity index (χ4v) is 2.80. The van der Waals surface area contributed by atoms with Gasteiger partial charge in [-0.2, -0.15) is 0 Å². The fourth-order valence-electron chi connectivity index (χ4n) is 2.22. The van der Waals surface area contributed by atoms with Crippen molar-refractivity contribution in [3.63, 3.8) is 0 Å². The second-order valence-corrected chi connectivity index (χ2v) is 12.2. The number of likely N-dealkylation sites (N-methyl/N-ethyl adjacent to an activating group) is 1. The summed E-state index contributed by atoms with van der Waals surface area (Å²) in [6.45, 7) is 16.5. The average Bonchev–Trinajstić information content (AvgIpc) is 2.23. The van der Waals surface area contributed by atoms with E-state index in [1.54, 1.807) is 5.20 Å². The molecule has 0 aliphatic heterocycles. The fraction of sp³-hybridized carbons (Fsp3) is 0.733. The van der Waals surface area contributed by atoms with Crippen LogP contribution in [0.15, 0.2) is 23.5 Å². The van der Waals surface area contributed by atoms with Gasteiger partial charge in [0, 0.05) is 12.5 Å². The van der Waals surface area contributed by atoms with Crippen LogP contribution in [0.25, 0.3) is 0 Å². The minimum atomic E-state index is -1.15. The average molecular weight is 251 g/mol. The Kier molecular flexibility index (Phi) is 3.69. The van der Waals surface area contributed by atoms with E-state index < -0.39 is 8.07 Å². The van der Waals surface area contributed by atoms with E-state index in [1.807, 2.05) is 0 Å². The first-order chi connectivity index (χ1) is 7.57. The standard InChI is InChI=1S/C15H29NSi/c1-9-14(3)10-11-15(14,4)16(5)12-13(2)17(6,7)8/h10-12H,9H2,1-8H3/b13-12+. The lowest BCUT2D eigenvalue weighted by atomic mass is 9.61. The summed E-state index contributed by atoms with van der Waals surface area (Å²) in [7, 11) is 1.07. The third-order valence-corrected chi connectivity index (χ3v) is 7.46. The topological polar surface area (TPSA) is 3.24 Å². The van der Waals surface area contributed by atoms with Crippen LogP contribution in [0, 0.1) is 5.41 Å². The molecular formula is C15H29NSi. The molecule has 0 fully saturated rings. The maximum Gasteiger partial charge on any atom is 0.0739 e. The number of nitrogens with zero attached hydrogens (tertiary/aromatic N) is 1. The van der Waals surface area contributed by atoms with Gasteiger partial charge in [-0.05, 0) is 26.5 Å². The molecule has 2 unspecified atom stereocenters. The summed E-state index contributed by atoms with van der Waals surface area (Å²) in [5, 5.41) is 1.57. The Labute approximate surface area is 109 Å². The summed E-state index contributed by atoms with van der Waals surface area (Å²) in [5.74, 6) is 0. The van der Waals surface area contributed by atoms with Crippen molar-refractivity contribution in [1.82, 2.24) is 4.90 Å². The highest BCUT2D eigenvalue weighted by molar-refractivity contribution is 6.82. The van der Waals surface area contributed by atoms with E-state index in [0.717, 1.165) is 0 Å². The van der Waals surface area contributed by atoms with Crippen LogP contribution in [0.2, 0.25) is 19.6 Å². The number of rotatable bonds is 4. The molecule has 0 heterocycles. The Morgan fingerprint density at radius 3 is 2.06 bits per heavy atom. The summed E-state index contributed by atoms with van der Waals surface area (Å²) in [6, 6.07) is 0. The molecule has 1 rings (SSSR count). The molecule has 0 aromatic rings. The highest BCUT2D eigenvalue weighted by atomic mass is 28.3. The van der Waals surface area contributed by atoms with Gasteiger partial charge < -0.3 is 4.90 Å². The van der Waals surface area contributed by atoms with Crippen LogP contribution in [0.3, 0.4) is 0 Å². The molecule has 0 saturated carbocycles. The normalized spacial score (nSPS) is 33.5. The van der Waals surface area contributed by atoms with Crippen LogP contribution in [-0.4, -0.2) is 25.6 Å². The van der Waals surface area contributed by atoms with Crippen molar-refractivity contribution < 1.29 is 0 Å². The lowest BCUT2D eigenvalue weighted by Crippen LogP contribution is -2.56. The molecule has 0 N–H and O–H groups in total. The SMILES string of the molecule is CCC1(C)C=CC1(C)N(C)/C=C(\C)[Si](C)(C)C. The molecule has 0 aromatic heterocycles. The first-order valence-electron chi connectivity index (χ1n) is 6.69. The maximum atomic E-state index is 2.42. The van der Waals surface area contributed by atoms with Crippen molar-refractivity contribution >= 4 is 8.07 Å². The zero-order valence-electron chi connectivity index (χ0n) is 12.9. The first-order valence-corrected chi connectivity index (χ1v) is 10.2. The lowest BCUT2D eigenvalue weighted by Gasteiger charge is -2.55. The van der Waals surface area contributed by atoms with Crippen molar-refractivity contribution in [3.05, 3.63) is 23.5 Å². The molecule has 0 bridgehead atoms. The van der Waals surface area contributed by atoms with Crippen LogP contribution in [0.1, 0.15) is 34.1 Å². The van der Waals surface area contributed by atoms with E-state index in [9.17, 15) is 0 Å². The molecule has 98 valence electrons. The van der Waals surface area contributed by atoms with Crippen LogP contribution in [-0.2, 0) is 0 Å². The highest BCUT2D eigenvalue weighted by Gasteiger charge is 2.48. The van der Waals surface area contributed by atoms with E-state index in [4.69, 9.17) is 0 Å². The molecule has 0 amide bonds. The molecule has 1 aliphatic carbocycles. The van der Waals surface area contributed by atoms with Crippen molar-refractivity contribution in [2.24, 2.45) is 5.41 Å². The minimum absolute atomic E-state index is 0.183. The third kappa shape index (κ3) is 2.37. The van der Waals surface area contributed by atoms with E-state index in [0.29, 0.717) is 5.41 Å². The summed E-state index contributed by atoms with van der Waals surface area (Å²) < 4.78 is 0. The predicted octanol–water partition coefficient (Wildman–Crippen LogP) is 4.44. The van der Waals surface area contributed by atoms with Gasteiger partial charge in [-0.15, -0.1) is 0 Å². The van der Waals surface area contributed by atoms with E-state index >= 15 is 0 Å². The van der Waals surface area contributed by atoms with Crippen LogP contribution in [0.4, 0.5) is 0 Å². The number of allylic oxidation sites excluding steroid dienone is 1. The molecule has 1 aliphatic rings. The maximum absolute atomic E-state index is 2.42. The van der Waals surface area contributed by atoms with Gasteiger partial charge in [0.05, 0.1) is 13.6 Å².